The smallest absolute Gasteiger partial charge is 0.253 e. The molecule has 1 atom stereocenters. The third-order valence-electron chi connectivity index (χ3n) is 3.93. The number of hydrogen-bond acceptors (Lipinski definition) is 4. The Morgan fingerprint density at radius 2 is 2.32 bits per heavy atom. The Morgan fingerprint density at radius 3 is 3.04 bits per heavy atom. The van der Waals surface area contributed by atoms with Gasteiger partial charge in [0.1, 0.15) is 17.7 Å². The van der Waals surface area contributed by atoms with E-state index in [2.05, 4.69) is 21.1 Å². The van der Waals surface area contributed by atoms with Crippen LogP contribution in [0.15, 0.2) is 42.6 Å². The zero-order chi connectivity index (χ0) is 17.6. The Morgan fingerprint density at radius 1 is 1.44 bits per heavy atom. The van der Waals surface area contributed by atoms with Crippen LogP contribution in [0, 0.1) is 12.3 Å². The van der Waals surface area contributed by atoms with Crippen LogP contribution in [0.5, 0.6) is 5.75 Å². The van der Waals surface area contributed by atoms with Crippen LogP contribution in [-0.2, 0) is 0 Å². The maximum atomic E-state index is 11.8. The predicted octanol–water partition coefficient (Wildman–Crippen LogP) is 2.76. The van der Waals surface area contributed by atoms with Crippen LogP contribution >= 0.6 is 11.6 Å². The van der Waals surface area contributed by atoms with Crippen LogP contribution in [0.2, 0.25) is 5.02 Å². The van der Waals surface area contributed by atoms with E-state index in [0.717, 1.165) is 31.1 Å². The molecule has 128 valence electrons. The summed E-state index contributed by atoms with van der Waals surface area (Å²) in [6, 6.07) is 11.0. The van der Waals surface area contributed by atoms with Crippen molar-refractivity contribution in [3.63, 3.8) is 0 Å². The van der Waals surface area contributed by atoms with Crippen molar-refractivity contribution in [1.82, 2.24) is 10.3 Å². The molecule has 1 aliphatic rings. The van der Waals surface area contributed by atoms with Gasteiger partial charge in [-0.3, -0.25) is 4.79 Å². The van der Waals surface area contributed by atoms with Gasteiger partial charge in [0, 0.05) is 24.2 Å². The van der Waals surface area contributed by atoms with E-state index in [9.17, 15) is 4.79 Å². The van der Waals surface area contributed by atoms with Crippen molar-refractivity contribution in [3.05, 3.63) is 53.2 Å². The molecule has 1 amide bonds. The molecule has 6 heteroatoms. The van der Waals surface area contributed by atoms with Crippen LogP contribution in [0.3, 0.4) is 0 Å². The van der Waals surface area contributed by atoms with E-state index in [4.69, 9.17) is 22.8 Å². The van der Waals surface area contributed by atoms with Crippen LogP contribution < -0.4 is 15.0 Å². The largest absolute Gasteiger partial charge is 0.488 e. The number of pyridine rings is 1. The Bertz CT molecular complexity index is 786. The van der Waals surface area contributed by atoms with E-state index in [0.29, 0.717) is 10.6 Å². The molecule has 25 heavy (non-hydrogen) atoms. The summed E-state index contributed by atoms with van der Waals surface area (Å²) < 4.78 is 5.98. The zero-order valence-corrected chi connectivity index (χ0v) is 14.4. The standard InChI is InChI=1S/C19H18ClN3O2/c1-2-9-21-19(24)14-6-7-18(22-12-14)23-10-8-17(13-23)25-16-5-3-4-15(20)11-16/h1,3-7,11-12,17H,8-10,13H2,(H,21,24). The highest BCUT2D eigenvalue weighted by Crippen LogP contribution is 2.24. The second-order valence-electron chi connectivity index (χ2n) is 5.72. The minimum absolute atomic E-state index is 0.0823. The van der Waals surface area contributed by atoms with Gasteiger partial charge in [0.15, 0.2) is 0 Å². The SMILES string of the molecule is C#CCNC(=O)c1ccc(N2CCC(Oc3cccc(Cl)c3)C2)nc1. The number of carbonyl (C=O) groups excluding carboxylic acids is 1. The van der Waals surface area contributed by atoms with Crippen molar-refractivity contribution in [2.75, 3.05) is 24.5 Å². The predicted molar refractivity (Wildman–Crippen MR) is 98.1 cm³/mol. The van der Waals surface area contributed by atoms with Crippen molar-refractivity contribution in [2.45, 2.75) is 12.5 Å². The first-order chi connectivity index (χ1) is 12.2. The average molecular weight is 356 g/mol. The van der Waals surface area contributed by atoms with E-state index in [1.807, 2.05) is 30.3 Å². The number of hydrogen-bond donors (Lipinski definition) is 1. The Kier molecular flexibility index (Phi) is 5.42. The lowest BCUT2D eigenvalue weighted by Gasteiger charge is -2.18. The van der Waals surface area contributed by atoms with Crippen molar-refractivity contribution in [1.29, 1.82) is 0 Å². The number of nitrogens with one attached hydrogen (secondary N) is 1. The van der Waals surface area contributed by atoms with Gasteiger partial charge in [-0.2, -0.15) is 0 Å². The van der Waals surface area contributed by atoms with Crippen LogP contribution in [0.1, 0.15) is 16.8 Å². The molecule has 1 unspecified atom stereocenters. The minimum Gasteiger partial charge on any atom is -0.488 e. The first kappa shape index (κ1) is 17.1. The zero-order valence-electron chi connectivity index (χ0n) is 13.6. The van der Waals surface area contributed by atoms with E-state index < -0.39 is 0 Å². The van der Waals surface area contributed by atoms with E-state index in [1.165, 1.54) is 0 Å². The lowest BCUT2D eigenvalue weighted by Crippen LogP contribution is -2.26. The molecule has 0 spiro atoms. The molecule has 0 aliphatic carbocycles. The fourth-order valence-corrected chi connectivity index (χ4v) is 2.89. The van der Waals surface area contributed by atoms with Crippen LogP contribution in [0.25, 0.3) is 0 Å². The Hall–Kier alpha value is -2.71. The monoisotopic (exact) mass is 355 g/mol. The maximum absolute atomic E-state index is 11.8. The number of rotatable bonds is 5. The molecule has 1 saturated heterocycles. The van der Waals surface area contributed by atoms with E-state index in [1.54, 1.807) is 12.3 Å². The first-order valence-electron chi connectivity index (χ1n) is 8.00. The highest BCUT2D eigenvalue weighted by molar-refractivity contribution is 6.30. The molecule has 2 heterocycles. The molecule has 1 fully saturated rings. The van der Waals surface area contributed by atoms with Gasteiger partial charge in [0.25, 0.3) is 5.91 Å². The lowest BCUT2D eigenvalue weighted by atomic mass is 10.2. The van der Waals surface area contributed by atoms with Gasteiger partial charge in [-0.1, -0.05) is 23.6 Å². The summed E-state index contributed by atoms with van der Waals surface area (Å²) in [7, 11) is 0. The molecule has 2 aromatic rings. The fraction of sp³-hybridized carbons (Fsp3) is 0.263. The van der Waals surface area contributed by atoms with Crippen molar-refractivity contribution in [3.8, 4) is 18.1 Å². The normalized spacial score (nSPS) is 16.3. The summed E-state index contributed by atoms with van der Waals surface area (Å²) in [5.41, 5.74) is 0.491. The van der Waals surface area contributed by atoms with Crippen molar-refractivity contribution in [2.24, 2.45) is 0 Å². The van der Waals surface area contributed by atoms with Gasteiger partial charge in [0.2, 0.25) is 0 Å². The molecule has 1 aliphatic heterocycles. The fourth-order valence-electron chi connectivity index (χ4n) is 2.71. The van der Waals surface area contributed by atoms with Crippen LogP contribution in [-0.4, -0.2) is 36.6 Å². The third-order valence-corrected chi connectivity index (χ3v) is 4.16. The number of amides is 1. The molecule has 5 nitrogen and oxygen atoms in total. The highest BCUT2D eigenvalue weighted by Gasteiger charge is 2.25. The summed E-state index contributed by atoms with van der Waals surface area (Å²) in [6.07, 6.45) is 7.68. The third kappa shape index (κ3) is 4.43. The number of terminal acetylenes is 1. The maximum Gasteiger partial charge on any atom is 0.253 e. The molecule has 1 aromatic heterocycles. The van der Waals surface area contributed by atoms with Crippen LogP contribution in [0.4, 0.5) is 5.82 Å². The minimum atomic E-state index is -0.222. The quantitative estimate of drug-likeness (QED) is 0.838. The highest BCUT2D eigenvalue weighted by atomic mass is 35.5. The molecule has 1 aromatic carbocycles. The molecule has 0 saturated carbocycles. The van der Waals surface area contributed by atoms with E-state index >= 15 is 0 Å². The van der Waals surface area contributed by atoms with Gasteiger partial charge in [-0.15, -0.1) is 6.42 Å². The summed E-state index contributed by atoms with van der Waals surface area (Å²) in [6.45, 7) is 1.79. The van der Waals surface area contributed by atoms with Gasteiger partial charge in [0.05, 0.1) is 18.7 Å². The number of benzene rings is 1. The summed E-state index contributed by atoms with van der Waals surface area (Å²) in [5, 5.41) is 3.28. The number of anilines is 1. The van der Waals surface area contributed by atoms with Gasteiger partial charge in [-0.25, -0.2) is 4.98 Å². The lowest BCUT2D eigenvalue weighted by molar-refractivity contribution is 0.0958. The molecule has 0 bridgehead atoms. The second-order valence-corrected chi connectivity index (χ2v) is 6.16. The first-order valence-corrected chi connectivity index (χ1v) is 8.38. The topological polar surface area (TPSA) is 54.5 Å². The number of halogens is 1. The van der Waals surface area contributed by atoms with Gasteiger partial charge in [-0.05, 0) is 30.3 Å². The number of nitrogens with zero attached hydrogens (tertiary/aromatic N) is 2. The number of carbonyl (C=O) groups is 1. The second kappa shape index (κ2) is 7.91. The van der Waals surface area contributed by atoms with Gasteiger partial charge < -0.3 is 15.0 Å². The van der Waals surface area contributed by atoms with E-state index in [-0.39, 0.29) is 18.6 Å². The summed E-state index contributed by atoms with van der Waals surface area (Å²) in [4.78, 5) is 18.3. The molecule has 0 radical (unpaired) electrons. The molecule has 1 N–H and O–H groups in total. The molecular formula is C19H18ClN3O2. The van der Waals surface area contributed by atoms with Crippen molar-refractivity contribution >= 4 is 23.3 Å². The molecule has 3 rings (SSSR count). The average Bonchev–Trinajstić information content (AvgIpc) is 3.08. The molecular weight excluding hydrogens is 338 g/mol. The summed E-state index contributed by atoms with van der Waals surface area (Å²) >= 11 is 5.98. The van der Waals surface area contributed by atoms with Crippen molar-refractivity contribution < 1.29 is 9.53 Å². The Labute approximate surface area is 152 Å². The van der Waals surface area contributed by atoms with Gasteiger partial charge >= 0.3 is 0 Å². The Balaban J connectivity index is 1.58. The number of aromatic nitrogens is 1. The number of ether oxygens (including phenoxy) is 1. The summed E-state index contributed by atoms with van der Waals surface area (Å²) in [5.74, 6) is 3.74.